The summed E-state index contributed by atoms with van der Waals surface area (Å²) < 4.78 is 0. The van der Waals surface area contributed by atoms with Crippen LogP contribution in [0.2, 0.25) is 0 Å². The van der Waals surface area contributed by atoms with E-state index in [0.29, 0.717) is 11.7 Å². The van der Waals surface area contributed by atoms with Crippen molar-refractivity contribution in [2.24, 2.45) is 5.92 Å². The molecule has 0 spiro atoms. The molecule has 5 heteroatoms. The fraction of sp³-hybridized carbons (Fsp3) is 0.381. The van der Waals surface area contributed by atoms with Crippen LogP contribution in [-0.4, -0.2) is 23.3 Å². The van der Waals surface area contributed by atoms with Crippen molar-refractivity contribution in [1.82, 2.24) is 10.3 Å². The number of nitrogens with one attached hydrogen (secondary N) is 2. The molecule has 138 valence electrons. The van der Waals surface area contributed by atoms with Crippen LogP contribution in [0.25, 0.3) is 0 Å². The zero-order chi connectivity index (χ0) is 19.1. The Bertz CT molecular complexity index is 754. The highest BCUT2D eigenvalue weighted by molar-refractivity contribution is 5.94. The fourth-order valence-electron chi connectivity index (χ4n) is 2.69. The number of anilines is 1. The van der Waals surface area contributed by atoms with Gasteiger partial charge >= 0.3 is 0 Å². The number of aryl methyl sites for hydroxylation is 1. The number of hydrogen-bond acceptors (Lipinski definition) is 3. The molecule has 1 aromatic carbocycles. The van der Waals surface area contributed by atoms with Crippen LogP contribution in [0.4, 0.5) is 5.82 Å². The van der Waals surface area contributed by atoms with E-state index in [0.717, 1.165) is 17.7 Å². The predicted molar refractivity (Wildman–Crippen MR) is 104 cm³/mol. The summed E-state index contributed by atoms with van der Waals surface area (Å²) in [4.78, 5) is 28.5. The second kappa shape index (κ2) is 9.13. The van der Waals surface area contributed by atoms with Crippen molar-refractivity contribution in [3.05, 3.63) is 59.3 Å². The van der Waals surface area contributed by atoms with Gasteiger partial charge in [0, 0.05) is 5.69 Å². The van der Waals surface area contributed by atoms with Crippen LogP contribution in [0, 0.1) is 12.8 Å². The lowest BCUT2D eigenvalue weighted by Gasteiger charge is -2.13. The molecular formula is C21H27N3O2. The molecule has 1 unspecified atom stereocenters. The number of aromatic nitrogens is 1. The number of nitrogens with zero attached hydrogens (tertiary/aromatic N) is 1. The van der Waals surface area contributed by atoms with Gasteiger partial charge < -0.3 is 10.6 Å². The molecule has 1 heterocycles. The van der Waals surface area contributed by atoms with E-state index in [-0.39, 0.29) is 24.3 Å². The van der Waals surface area contributed by atoms with Gasteiger partial charge in [-0.25, -0.2) is 4.98 Å². The average molecular weight is 353 g/mol. The number of benzene rings is 1. The maximum atomic E-state index is 12.3. The normalized spacial score (nSPS) is 11.9. The quantitative estimate of drug-likeness (QED) is 0.801. The van der Waals surface area contributed by atoms with Crippen LogP contribution in [-0.2, 0) is 16.0 Å². The molecular weight excluding hydrogens is 326 g/mol. The molecule has 0 radical (unpaired) electrons. The first-order valence-corrected chi connectivity index (χ1v) is 8.95. The Morgan fingerprint density at radius 1 is 1.04 bits per heavy atom. The summed E-state index contributed by atoms with van der Waals surface area (Å²) in [5, 5.41) is 5.36. The van der Waals surface area contributed by atoms with Gasteiger partial charge in [0.2, 0.25) is 11.8 Å². The van der Waals surface area contributed by atoms with Crippen LogP contribution in [0.15, 0.2) is 42.5 Å². The third-order valence-electron chi connectivity index (χ3n) is 4.10. The van der Waals surface area contributed by atoms with Crippen LogP contribution in [0.5, 0.6) is 0 Å². The molecule has 0 fully saturated rings. The molecule has 1 aromatic heterocycles. The summed E-state index contributed by atoms with van der Waals surface area (Å²) in [7, 11) is 0. The standard InChI is InChI=1S/C21H27N3O2/c1-14(2)12-17-8-10-18(11-9-17)16(4)21(26)22-13-20(25)24-19-7-5-6-15(3)23-19/h5-11,14,16H,12-13H2,1-4H3,(H,22,26)(H,23,24,25). The maximum Gasteiger partial charge on any atom is 0.244 e. The first-order valence-electron chi connectivity index (χ1n) is 8.95. The van der Waals surface area contributed by atoms with E-state index >= 15 is 0 Å². The van der Waals surface area contributed by atoms with Gasteiger partial charge in [0.15, 0.2) is 0 Å². The van der Waals surface area contributed by atoms with Crippen LogP contribution < -0.4 is 10.6 Å². The van der Waals surface area contributed by atoms with Gasteiger partial charge in [0.05, 0.1) is 12.5 Å². The average Bonchev–Trinajstić information content (AvgIpc) is 2.59. The van der Waals surface area contributed by atoms with Crippen molar-refractivity contribution in [1.29, 1.82) is 0 Å². The lowest BCUT2D eigenvalue weighted by molar-refractivity contribution is -0.125. The Hall–Kier alpha value is -2.69. The molecule has 0 aliphatic heterocycles. The lowest BCUT2D eigenvalue weighted by atomic mass is 9.96. The Kier molecular flexibility index (Phi) is 6.89. The monoisotopic (exact) mass is 353 g/mol. The summed E-state index contributed by atoms with van der Waals surface area (Å²) >= 11 is 0. The van der Waals surface area contributed by atoms with E-state index in [1.807, 2.05) is 38.1 Å². The Morgan fingerprint density at radius 3 is 2.35 bits per heavy atom. The molecule has 2 rings (SSSR count). The molecule has 0 saturated carbocycles. The number of rotatable bonds is 7. The summed E-state index contributed by atoms with van der Waals surface area (Å²) in [5.74, 6) is 0.305. The van der Waals surface area contributed by atoms with Crippen LogP contribution >= 0.6 is 0 Å². The summed E-state index contributed by atoms with van der Waals surface area (Å²) in [6, 6.07) is 13.5. The predicted octanol–water partition coefficient (Wildman–Crippen LogP) is 3.45. The van der Waals surface area contributed by atoms with Crippen molar-refractivity contribution in [3.63, 3.8) is 0 Å². The highest BCUT2D eigenvalue weighted by Crippen LogP contribution is 2.17. The van der Waals surface area contributed by atoms with Gasteiger partial charge in [-0.05, 0) is 49.4 Å². The summed E-state index contributed by atoms with van der Waals surface area (Å²) in [6.07, 6.45) is 1.02. The van der Waals surface area contributed by atoms with E-state index < -0.39 is 0 Å². The Balaban J connectivity index is 1.85. The minimum absolute atomic E-state index is 0.0791. The van der Waals surface area contributed by atoms with Gasteiger partial charge in [-0.3, -0.25) is 9.59 Å². The first kappa shape index (κ1) is 19.6. The first-order chi connectivity index (χ1) is 12.3. The summed E-state index contributed by atoms with van der Waals surface area (Å²) in [5.41, 5.74) is 3.03. The molecule has 5 nitrogen and oxygen atoms in total. The maximum absolute atomic E-state index is 12.3. The lowest BCUT2D eigenvalue weighted by Crippen LogP contribution is -2.35. The number of hydrogen-bond donors (Lipinski definition) is 2. The van der Waals surface area contributed by atoms with Gasteiger partial charge in [0.1, 0.15) is 5.82 Å². The van der Waals surface area contributed by atoms with Crippen molar-refractivity contribution >= 4 is 17.6 Å². The molecule has 2 aromatic rings. The molecule has 0 saturated heterocycles. The van der Waals surface area contributed by atoms with Crippen LogP contribution in [0.1, 0.15) is 43.5 Å². The topological polar surface area (TPSA) is 71.1 Å². The minimum atomic E-state index is -0.312. The van der Waals surface area contributed by atoms with E-state index in [1.165, 1.54) is 5.56 Å². The van der Waals surface area contributed by atoms with Gasteiger partial charge in [0.25, 0.3) is 0 Å². The fourth-order valence-corrected chi connectivity index (χ4v) is 2.69. The van der Waals surface area contributed by atoms with Crippen molar-refractivity contribution in [3.8, 4) is 0 Å². The zero-order valence-electron chi connectivity index (χ0n) is 15.9. The Labute approximate surface area is 155 Å². The second-order valence-corrected chi connectivity index (χ2v) is 6.99. The highest BCUT2D eigenvalue weighted by atomic mass is 16.2. The number of carbonyl (C=O) groups is 2. The molecule has 2 amide bonds. The molecule has 0 aliphatic carbocycles. The van der Waals surface area contributed by atoms with E-state index in [2.05, 4.69) is 41.6 Å². The zero-order valence-corrected chi connectivity index (χ0v) is 15.9. The SMILES string of the molecule is Cc1cccc(NC(=O)CNC(=O)C(C)c2ccc(CC(C)C)cc2)n1. The van der Waals surface area contributed by atoms with E-state index in [9.17, 15) is 9.59 Å². The van der Waals surface area contributed by atoms with E-state index in [4.69, 9.17) is 0 Å². The van der Waals surface area contributed by atoms with Crippen molar-refractivity contribution < 1.29 is 9.59 Å². The van der Waals surface area contributed by atoms with Gasteiger partial charge in [-0.2, -0.15) is 0 Å². The van der Waals surface area contributed by atoms with Crippen LogP contribution in [0.3, 0.4) is 0 Å². The molecule has 2 N–H and O–H groups in total. The Morgan fingerprint density at radius 2 is 1.73 bits per heavy atom. The molecule has 0 bridgehead atoms. The third-order valence-corrected chi connectivity index (χ3v) is 4.10. The molecule has 26 heavy (non-hydrogen) atoms. The van der Waals surface area contributed by atoms with E-state index in [1.54, 1.807) is 6.07 Å². The summed E-state index contributed by atoms with van der Waals surface area (Å²) in [6.45, 7) is 7.98. The smallest absolute Gasteiger partial charge is 0.244 e. The molecule has 1 atom stereocenters. The van der Waals surface area contributed by atoms with Gasteiger partial charge in [-0.15, -0.1) is 0 Å². The van der Waals surface area contributed by atoms with Crippen molar-refractivity contribution in [2.75, 3.05) is 11.9 Å². The largest absolute Gasteiger partial charge is 0.347 e. The van der Waals surface area contributed by atoms with Gasteiger partial charge in [-0.1, -0.05) is 44.2 Å². The number of pyridine rings is 1. The van der Waals surface area contributed by atoms with Crippen molar-refractivity contribution in [2.45, 2.75) is 40.0 Å². The number of carbonyl (C=O) groups excluding carboxylic acids is 2. The second-order valence-electron chi connectivity index (χ2n) is 6.99. The number of amides is 2. The minimum Gasteiger partial charge on any atom is -0.347 e. The third kappa shape index (κ3) is 5.99. The highest BCUT2D eigenvalue weighted by Gasteiger charge is 2.16. The molecule has 0 aliphatic rings.